The Balaban J connectivity index is 1.74. The van der Waals surface area contributed by atoms with E-state index in [-0.39, 0.29) is 24.1 Å². The lowest BCUT2D eigenvalue weighted by atomic mass is 10.0. The molecule has 0 spiro atoms. The van der Waals surface area contributed by atoms with Crippen molar-refractivity contribution in [1.29, 1.82) is 0 Å². The van der Waals surface area contributed by atoms with Gasteiger partial charge in [-0.1, -0.05) is 35.9 Å². The van der Waals surface area contributed by atoms with E-state index in [0.717, 1.165) is 45.9 Å². The first-order chi connectivity index (χ1) is 17.8. The largest absolute Gasteiger partial charge is 0.492 e. The highest BCUT2D eigenvalue weighted by Gasteiger charge is 2.17. The first-order valence-electron chi connectivity index (χ1n) is 13.0. The Bertz CT molecular complexity index is 1200. The second kappa shape index (κ2) is 14.1. The highest BCUT2D eigenvalue weighted by atomic mass is 35.5. The summed E-state index contributed by atoms with van der Waals surface area (Å²) < 4.78 is 23.0. The van der Waals surface area contributed by atoms with E-state index < -0.39 is 0 Å². The molecular weight excluding hydrogens is 492 g/mol. The molecule has 0 aromatic heterocycles. The maximum Gasteiger partial charge on any atom is 0.306 e. The van der Waals surface area contributed by atoms with Crippen LogP contribution in [0, 0.1) is 0 Å². The molecule has 0 unspecified atom stereocenters. The van der Waals surface area contributed by atoms with Gasteiger partial charge in [0.2, 0.25) is 0 Å². The molecule has 0 heterocycles. The lowest BCUT2D eigenvalue weighted by Crippen LogP contribution is -2.11. The van der Waals surface area contributed by atoms with Crippen LogP contribution < -0.4 is 9.47 Å². The summed E-state index contributed by atoms with van der Waals surface area (Å²) in [6.45, 7) is 8.33. The van der Waals surface area contributed by atoms with Crippen LogP contribution in [-0.2, 0) is 19.1 Å². The van der Waals surface area contributed by atoms with Crippen molar-refractivity contribution in [2.45, 2.75) is 78.4 Å². The van der Waals surface area contributed by atoms with E-state index in [1.165, 1.54) is 0 Å². The van der Waals surface area contributed by atoms with Crippen LogP contribution >= 0.6 is 11.6 Å². The maximum absolute atomic E-state index is 11.8. The van der Waals surface area contributed by atoms with Crippen molar-refractivity contribution >= 4 is 45.1 Å². The fourth-order valence-electron chi connectivity index (χ4n) is 4.12. The van der Waals surface area contributed by atoms with Crippen LogP contribution in [0.15, 0.2) is 42.5 Å². The van der Waals surface area contributed by atoms with Gasteiger partial charge in [0.05, 0.1) is 25.4 Å². The molecule has 0 saturated heterocycles. The third kappa shape index (κ3) is 8.53. The number of benzene rings is 3. The number of fused-ring (bicyclic) bond motifs is 2. The van der Waals surface area contributed by atoms with E-state index >= 15 is 0 Å². The topological polar surface area (TPSA) is 71.1 Å². The number of unbranched alkanes of at least 4 members (excludes halogenated alkanes) is 2. The van der Waals surface area contributed by atoms with Crippen LogP contribution in [0.1, 0.15) is 66.2 Å². The molecule has 37 heavy (non-hydrogen) atoms. The Kier molecular flexibility index (Phi) is 10.9. The van der Waals surface area contributed by atoms with Gasteiger partial charge in [0.25, 0.3) is 0 Å². The molecule has 3 aromatic rings. The number of ether oxygens (including phenoxy) is 4. The molecule has 7 heteroatoms. The quantitative estimate of drug-likeness (QED) is 0.121. The van der Waals surface area contributed by atoms with E-state index in [9.17, 15) is 9.59 Å². The molecule has 0 saturated carbocycles. The molecule has 0 amide bonds. The van der Waals surface area contributed by atoms with Gasteiger partial charge in [-0.25, -0.2) is 0 Å². The van der Waals surface area contributed by atoms with Gasteiger partial charge in [-0.05, 0) is 71.6 Å². The molecule has 3 rings (SSSR count). The summed E-state index contributed by atoms with van der Waals surface area (Å²) in [5.41, 5.74) is 0. The van der Waals surface area contributed by atoms with E-state index in [4.69, 9.17) is 30.5 Å². The zero-order chi connectivity index (χ0) is 26.8. The second-order valence-electron chi connectivity index (χ2n) is 9.58. The van der Waals surface area contributed by atoms with Gasteiger partial charge in [0.1, 0.15) is 11.5 Å². The molecule has 0 aliphatic rings. The van der Waals surface area contributed by atoms with Gasteiger partial charge in [-0.15, -0.1) is 0 Å². The SMILES string of the molecule is CC(C)OC(=O)CCCCOc1c2ccccc2c(OCCCCC(=O)OC(C)C)c2cc(Cl)ccc12. The molecule has 0 N–H and O–H groups in total. The normalized spacial score (nSPS) is 11.3. The van der Waals surface area contributed by atoms with Crippen LogP contribution in [0.2, 0.25) is 5.02 Å². The minimum Gasteiger partial charge on any atom is -0.492 e. The van der Waals surface area contributed by atoms with Gasteiger partial charge in [0.15, 0.2) is 0 Å². The lowest BCUT2D eigenvalue weighted by Gasteiger charge is -2.18. The predicted molar refractivity (Wildman–Crippen MR) is 148 cm³/mol. The van der Waals surface area contributed by atoms with Gasteiger partial charge in [-0.3, -0.25) is 9.59 Å². The highest BCUT2D eigenvalue weighted by molar-refractivity contribution is 6.31. The molecule has 0 fully saturated rings. The fraction of sp³-hybridized carbons (Fsp3) is 0.467. The lowest BCUT2D eigenvalue weighted by molar-refractivity contribution is -0.148. The number of rotatable bonds is 14. The van der Waals surface area contributed by atoms with Crippen LogP contribution in [0.3, 0.4) is 0 Å². The van der Waals surface area contributed by atoms with Gasteiger partial charge < -0.3 is 18.9 Å². The van der Waals surface area contributed by atoms with Crippen molar-refractivity contribution in [3.63, 3.8) is 0 Å². The van der Waals surface area contributed by atoms with Crippen LogP contribution in [0.5, 0.6) is 11.5 Å². The zero-order valence-electron chi connectivity index (χ0n) is 22.2. The summed E-state index contributed by atoms with van der Waals surface area (Å²) in [6.07, 6.45) is 3.38. The second-order valence-corrected chi connectivity index (χ2v) is 10.0. The summed E-state index contributed by atoms with van der Waals surface area (Å²) in [4.78, 5) is 23.6. The van der Waals surface area contributed by atoms with Gasteiger partial charge in [-0.2, -0.15) is 0 Å². The molecule has 200 valence electrons. The third-order valence-corrected chi connectivity index (χ3v) is 5.90. The number of hydrogen-bond donors (Lipinski definition) is 0. The van der Waals surface area contributed by atoms with E-state index in [0.29, 0.717) is 43.9 Å². The van der Waals surface area contributed by atoms with Crippen LogP contribution in [0.25, 0.3) is 21.5 Å². The Morgan fingerprint density at radius 2 is 1.14 bits per heavy atom. The molecule has 0 aliphatic heterocycles. The Morgan fingerprint density at radius 3 is 1.62 bits per heavy atom. The molecule has 0 atom stereocenters. The van der Waals surface area contributed by atoms with Crippen molar-refractivity contribution in [3.8, 4) is 11.5 Å². The van der Waals surface area contributed by atoms with Crippen LogP contribution in [0.4, 0.5) is 0 Å². The number of hydrogen-bond acceptors (Lipinski definition) is 6. The summed E-state index contributed by atoms with van der Waals surface area (Å²) in [5, 5.41) is 4.29. The molecule has 0 radical (unpaired) electrons. The highest BCUT2D eigenvalue weighted by Crippen LogP contribution is 2.43. The van der Waals surface area contributed by atoms with Crippen molar-refractivity contribution in [2.75, 3.05) is 13.2 Å². The molecule has 0 bridgehead atoms. The average molecular weight is 529 g/mol. The summed E-state index contributed by atoms with van der Waals surface area (Å²) in [6, 6.07) is 13.7. The molecule has 3 aromatic carbocycles. The first-order valence-corrected chi connectivity index (χ1v) is 13.4. The van der Waals surface area contributed by atoms with Gasteiger partial charge in [0, 0.05) is 39.4 Å². The van der Waals surface area contributed by atoms with E-state index in [1.54, 1.807) is 0 Å². The zero-order valence-corrected chi connectivity index (χ0v) is 22.9. The van der Waals surface area contributed by atoms with E-state index in [2.05, 4.69) is 0 Å². The summed E-state index contributed by atoms with van der Waals surface area (Å²) in [7, 11) is 0. The first kappa shape index (κ1) is 28.6. The Labute approximate surface area is 224 Å². The Hall–Kier alpha value is -2.99. The van der Waals surface area contributed by atoms with Gasteiger partial charge >= 0.3 is 11.9 Å². The predicted octanol–water partition coefficient (Wildman–Crippen LogP) is 7.65. The monoisotopic (exact) mass is 528 g/mol. The van der Waals surface area contributed by atoms with Crippen molar-refractivity contribution in [2.24, 2.45) is 0 Å². The van der Waals surface area contributed by atoms with Crippen molar-refractivity contribution < 1.29 is 28.5 Å². The average Bonchev–Trinajstić information content (AvgIpc) is 2.83. The molecule has 6 nitrogen and oxygen atoms in total. The molecule has 0 aliphatic carbocycles. The molecular formula is C30H37ClO6. The number of esters is 2. The number of carbonyl (C=O) groups is 2. The minimum atomic E-state index is -0.184. The standard InChI is InChI=1S/C30H37ClO6/c1-20(2)36-27(32)13-7-9-17-34-29-23-11-5-6-12-24(23)30(26-19-22(31)15-16-25(26)29)35-18-10-8-14-28(33)37-21(3)4/h5-6,11-12,15-16,19-21H,7-10,13-14,17-18H2,1-4H3. The van der Waals surface area contributed by atoms with E-state index in [1.807, 2.05) is 70.2 Å². The Morgan fingerprint density at radius 1 is 0.676 bits per heavy atom. The third-order valence-electron chi connectivity index (χ3n) is 5.66. The van der Waals surface area contributed by atoms with Crippen molar-refractivity contribution in [3.05, 3.63) is 47.5 Å². The minimum absolute atomic E-state index is 0.101. The smallest absolute Gasteiger partial charge is 0.306 e. The summed E-state index contributed by atoms with van der Waals surface area (Å²) in [5.74, 6) is 1.16. The number of carbonyl (C=O) groups excluding carboxylic acids is 2. The maximum atomic E-state index is 11.8. The van der Waals surface area contributed by atoms with Crippen molar-refractivity contribution in [1.82, 2.24) is 0 Å². The number of halogens is 1. The fourth-order valence-corrected chi connectivity index (χ4v) is 4.29. The summed E-state index contributed by atoms with van der Waals surface area (Å²) >= 11 is 6.37. The van der Waals surface area contributed by atoms with Crippen LogP contribution in [-0.4, -0.2) is 37.4 Å².